The first-order chi connectivity index (χ1) is 14.5. The van der Waals surface area contributed by atoms with Gasteiger partial charge in [-0.2, -0.15) is 0 Å². The lowest BCUT2D eigenvalue weighted by Gasteiger charge is -2.10. The molecule has 7 nitrogen and oxygen atoms in total. The molecule has 0 bridgehead atoms. The molecular weight excluding hydrogens is 380 g/mol. The molecule has 0 spiro atoms. The monoisotopic (exact) mass is 398 g/mol. The number of rotatable bonds is 5. The average molecular weight is 398 g/mol. The number of amides is 2. The summed E-state index contributed by atoms with van der Waals surface area (Å²) in [6.07, 6.45) is 1.52. The van der Waals surface area contributed by atoms with Crippen LogP contribution in [0, 0.1) is 0 Å². The second-order valence-electron chi connectivity index (χ2n) is 6.76. The topological polar surface area (TPSA) is 107 Å². The van der Waals surface area contributed by atoms with Crippen LogP contribution in [0.25, 0.3) is 10.9 Å². The van der Waals surface area contributed by atoms with Crippen molar-refractivity contribution in [2.45, 2.75) is 6.54 Å². The minimum atomic E-state index is -0.615. The van der Waals surface area contributed by atoms with E-state index in [2.05, 4.69) is 10.3 Å². The van der Waals surface area contributed by atoms with Crippen molar-refractivity contribution in [2.75, 3.05) is 5.32 Å². The van der Waals surface area contributed by atoms with Crippen molar-refractivity contribution in [2.24, 2.45) is 5.73 Å². The molecule has 0 radical (unpaired) electrons. The third-order valence-electron chi connectivity index (χ3n) is 4.74. The summed E-state index contributed by atoms with van der Waals surface area (Å²) in [4.78, 5) is 41.0. The van der Waals surface area contributed by atoms with Crippen LogP contribution in [0.3, 0.4) is 0 Å². The van der Waals surface area contributed by atoms with Gasteiger partial charge in [-0.05, 0) is 42.0 Å². The fourth-order valence-electron chi connectivity index (χ4n) is 3.18. The molecule has 0 saturated carbocycles. The van der Waals surface area contributed by atoms with Crippen LogP contribution in [0.1, 0.15) is 26.3 Å². The quantitative estimate of drug-likeness (QED) is 0.539. The Morgan fingerprint density at radius 1 is 0.933 bits per heavy atom. The lowest BCUT2D eigenvalue weighted by Crippen LogP contribution is -2.21. The molecule has 0 aliphatic carbocycles. The van der Waals surface area contributed by atoms with Crippen LogP contribution in [0.4, 0.5) is 5.69 Å². The molecule has 3 N–H and O–H groups in total. The fraction of sp³-hybridized carbons (Fsp3) is 0.0435. The number of nitrogens with zero attached hydrogens (tertiary/aromatic N) is 2. The van der Waals surface area contributed by atoms with Crippen LogP contribution >= 0.6 is 0 Å². The van der Waals surface area contributed by atoms with Gasteiger partial charge in [0.15, 0.2) is 0 Å². The van der Waals surface area contributed by atoms with Gasteiger partial charge in [-0.15, -0.1) is 0 Å². The zero-order valence-electron chi connectivity index (χ0n) is 15.9. The van der Waals surface area contributed by atoms with Crippen molar-refractivity contribution in [3.63, 3.8) is 0 Å². The van der Waals surface area contributed by atoms with Crippen LogP contribution < -0.4 is 16.6 Å². The van der Waals surface area contributed by atoms with E-state index in [1.807, 2.05) is 6.07 Å². The van der Waals surface area contributed by atoms with Crippen molar-refractivity contribution in [3.8, 4) is 0 Å². The number of carbonyl (C=O) groups excluding carboxylic acids is 2. The maximum absolute atomic E-state index is 12.6. The van der Waals surface area contributed by atoms with Gasteiger partial charge in [0.2, 0.25) is 0 Å². The SMILES string of the molecule is NC(=O)c1ccccc1NC(=O)c1ccc(Cn2cnc3ccccc3c2=O)cc1. The summed E-state index contributed by atoms with van der Waals surface area (Å²) in [5.74, 6) is -0.976. The molecule has 0 atom stereocenters. The summed E-state index contributed by atoms with van der Waals surface area (Å²) >= 11 is 0. The number of anilines is 1. The molecule has 4 rings (SSSR count). The van der Waals surface area contributed by atoms with Gasteiger partial charge in [0.1, 0.15) is 0 Å². The van der Waals surface area contributed by atoms with Crippen LogP contribution in [-0.2, 0) is 6.54 Å². The van der Waals surface area contributed by atoms with E-state index in [1.165, 1.54) is 10.9 Å². The number of para-hydroxylation sites is 2. The van der Waals surface area contributed by atoms with Gasteiger partial charge in [0.05, 0.1) is 35.0 Å². The number of aromatic nitrogens is 2. The molecule has 0 unspecified atom stereocenters. The van der Waals surface area contributed by atoms with Gasteiger partial charge in [-0.25, -0.2) is 4.98 Å². The highest BCUT2D eigenvalue weighted by Gasteiger charge is 2.12. The Morgan fingerprint density at radius 2 is 1.63 bits per heavy atom. The predicted molar refractivity (Wildman–Crippen MR) is 114 cm³/mol. The van der Waals surface area contributed by atoms with Gasteiger partial charge < -0.3 is 11.1 Å². The van der Waals surface area contributed by atoms with Crippen LogP contribution in [0.5, 0.6) is 0 Å². The Balaban J connectivity index is 1.52. The normalized spacial score (nSPS) is 10.7. The van der Waals surface area contributed by atoms with Crippen molar-refractivity contribution >= 4 is 28.4 Å². The zero-order valence-corrected chi connectivity index (χ0v) is 15.9. The van der Waals surface area contributed by atoms with Gasteiger partial charge in [-0.3, -0.25) is 19.0 Å². The fourth-order valence-corrected chi connectivity index (χ4v) is 3.18. The minimum absolute atomic E-state index is 0.120. The molecule has 0 aliphatic rings. The molecule has 148 valence electrons. The first kappa shape index (κ1) is 19.1. The summed E-state index contributed by atoms with van der Waals surface area (Å²) in [6, 6.07) is 20.6. The van der Waals surface area contributed by atoms with Gasteiger partial charge >= 0.3 is 0 Å². The molecule has 1 aromatic heterocycles. The Kier molecular flexibility index (Phi) is 5.09. The van der Waals surface area contributed by atoms with Crippen LogP contribution in [-0.4, -0.2) is 21.4 Å². The van der Waals surface area contributed by atoms with E-state index in [0.29, 0.717) is 28.7 Å². The largest absolute Gasteiger partial charge is 0.366 e. The zero-order chi connectivity index (χ0) is 21.1. The molecule has 3 aromatic carbocycles. The van der Waals surface area contributed by atoms with Crippen molar-refractivity contribution in [3.05, 3.63) is 106 Å². The molecule has 4 aromatic rings. The lowest BCUT2D eigenvalue weighted by atomic mass is 10.1. The van der Waals surface area contributed by atoms with Crippen LogP contribution in [0.2, 0.25) is 0 Å². The van der Waals surface area contributed by atoms with Crippen molar-refractivity contribution in [1.82, 2.24) is 9.55 Å². The third kappa shape index (κ3) is 3.81. The summed E-state index contributed by atoms with van der Waals surface area (Å²) < 4.78 is 1.53. The summed E-state index contributed by atoms with van der Waals surface area (Å²) in [6.45, 7) is 0.336. The highest BCUT2D eigenvalue weighted by atomic mass is 16.2. The number of hydrogen-bond acceptors (Lipinski definition) is 4. The Hall–Kier alpha value is -4.26. The minimum Gasteiger partial charge on any atom is -0.366 e. The van der Waals surface area contributed by atoms with Crippen molar-refractivity contribution < 1.29 is 9.59 Å². The van der Waals surface area contributed by atoms with Crippen LogP contribution in [0.15, 0.2) is 83.9 Å². The summed E-state index contributed by atoms with van der Waals surface area (Å²) in [5, 5.41) is 3.26. The van der Waals surface area contributed by atoms with E-state index in [1.54, 1.807) is 66.7 Å². The number of nitrogens with one attached hydrogen (secondary N) is 1. The van der Waals surface area contributed by atoms with E-state index in [4.69, 9.17) is 5.73 Å². The van der Waals surface area contributed by atoms with Gasteiger partial charge in [-0.1, -0.05) is 36.4 Å². The number of benzene rings is 3. The van der Waals surface area contributed by atoms with Gasteiger partial charge in [0.25, 0.3) is 17.4 Å². The standard InChI is InChI=1S/C23H18N4O3/c24-21(28)17-5-1-4-8-20(17)26-22(29)16-11-9-15(10-12-16)13-27-14-25-19-7-3-2-6-18(19)23(27)30/h1-12,14H,13H2,(H2,24,28)(H,26,29). The number of nitrogens with two attached hydrogens (primary N) is 1. The Bertz CT molecular complexity index is 1310. The molecule has 0 fully saturated rings. The first-order valence-electron chi connectivity index (χ1n) is 9.26. The molecule has 2 amide bonds. The van der Waals surface area contributed by atoms with E-state index in [9.17, 15) is 14.4 Å². The molecule has 0 saturated heterocycles. The number of fused-ring (bicyclic) bond motifs is 1. The maximum Gasteiger partial charge on any atom is 0.261 e. The Labute approximate surface area is 171 Å². The lowest BCUT2D eigenvalue weighted by molar-refractivity contribution is 0.100. The van der Waals surface area contributed by atoms with E-state index in [0.717, 1.165) is 5.56 Å². The van der Waals surface area contributed by atoms with Gasteiger partial charge in [0, 0.05) is 5.56 Å². The number of primary amides is 1. The average Bonchev–Trinajstić information content (AvgIpc) is 2.76. The molecule has 30 heavy (non-hydrogen) atoms. The molecular formula is C23H18N4O3. The van der Waals surface area contributed by atoms with Crippen molar-refractivity contribution in [1.29, 1.82) is 0 Å². The molecule has 0 aliphatic heterocycles. The molecule has 1 heterocycles. The van der Waals surface area contributed by atoms with E-state index >= 15 is 0 Å². The second kappa shape index (κ2) is 8.00. The second-order valence-corrected chi connectivity index (χ2v) is 6.76. The smallest absolute Gasteiger partial charge is 0.261 e. The first-order valence-corrected chi connectivity index (χ1v) is 9.26. The van der Waals surface area contributed by atoms with E-state index in [-0.39, 0.29) is 17.0 Å². The summed E-state index contributed by atoms with van der Waals surface area (Å²) in [5.41, 5.74) is 7.75. The molecule has 7 heteroatoms. The van der Waals surface area contributed by atoms with E-state index < -0.39 is 5.91 Å². The number of hydrogen-bond donors (Lipinski definition) is 2. The summed E-state index contributed by atoms with van der Waals surface area (Å²) in [7, 11) is 0. The highest BCUT2D eigenvalue weighted by molar-refractivity contribution is 6.08. The third-order valence-corrected chi connectivity index (χ3v) is 4.74. The highest BCUT2D eigenvalue weighted by Crippen LogP contribution is 2.16. The Morgan fingerprint density at radius 3 is 2.40 bits per heavy atom. The predicted octanol–water partition coefficient (Wildman–Crippen LogP) is 2.80. The maximum atomic E-state index is 12.6. The number of carbonyl (C=O) groups is 2.